The van der Waals surface area contributed by atoms with Crippen LogP contribution in [0.4, 0.5) is 0 Å². The SMILES string of the molecule is CCOCc1ccc2n1-c1ccc(Cl)cc1[C@@H](c1cccc(OC)c1OC)O[C@@H]2CCn1nnc(CC(=O)O)n1. The van der Waals surface area contributed by atoms with E-state index in [1.54, 1.807) is 14.2 Å². The number of rotatable bonds is 11. The summed E-state index contributed by atoms with van der Waals surface area (Å²) in [6.45, 7) is 3.30. The molecule has 1 N–H and O–H groups in total. The molecule has 0 saturated heterocycles. The van der Waals surface area contributed by atoms with Gasteiger partial charge in [-0.15, -0.1) is 10.2 Å². The number of aryl methyl sites for hydroxylation is 1. The Labute approximate surface area is 236 Å². The summed E-state index contributed by atoms with van der Waals surface area (Å²) in [6, 6.07) is 15.5. The molecular formula is C28H30ClN5O6. The highest BCUT2D eigenvalue weighted by atomic mass is 35.5. The van der Waals surface area contributed by atoms with Gasteiger partial charge >= 0.3 is 5.97 Å². The van der Waals surface area contributed by atoms with Crippen molar-refractivity contribution in [2.24, 2.45) is 0 Å². The van der Waals surface area contributed by atoms with Crippen molar-refractivity contribution in [3.8, 4) is 17.2 Å². The molecule has 0 amide bonds. The van der Waals surface area contributed by atoms with Gasteiger partial charge in [-0.1, -0.05) is 23.7 Å². The molecule has 4 aromatic rings. The number of tetrazole rings is 1. The highest BCUT2D eigenvalue weighted by Crippen LogP contribution is 2.47. The molecule has 2 aromatic carbocycles. The predicted molar refractivity (Wildman–Crippen MR) is 145 cm³/mol. The molecule has 210 valence electrons. The molecule has 2 aromatic heterocycles. The molecule has 1 aliphatic heterocycles. The maximum absolute atomic E-state index is 11.1. The zero-order valence-corrected chi connectivity index (χ0v) is 23.2. The van der Waals surface area contributed by atoms with Crippen molar-refractivity contribution in [1.29, 1.82) is 0 Å². The van der Waals surface area contributed by atoms with Crippen LogP contribution in [-0.4, -0.2) is 56.7 Å². The van der Waals surface area contributed by atoms with Crippen LogP contribution >= 0.6 is 11.6 Å². The van der Waals surface area contributed by atoms with E-state index in [4.69, 9.17) is 35.7 Å². The van der Waals surface area contributed by atoms with Crippen molar-refractivity contribution >= 4 is 17.6 Å². The highest BCUT2D eigenvalue weighted by Gasteiger charge is 2.34. The van der Waals surface area contributed by atoms with Gasteiger partial charge in [0.25, 0.3) is 0 Å². The van der Waals surface area contributed by atoms with E-state index >= 15 is 0 Å². The number of fused-ring (bicyclic) bond motifs is 3. The fourth-order valence-corrected chi connectivity index (χ4v) is 5.17. The second kappa shape index (κ2) is 12.1. The number of aliphatic carboxylic acids is 1. The van der Waals surface area contributed by atoms with Crippen LogP contribution in [0.1, 0.15) is 53.9 Å². The number of para-hydroxylation sites is 1. The van der Waals surface area contributed by atoms with E-state index in [0.717, 1.165) is 28.2 Å². The summed E-state index contributed by atoms with van der Waals surface area (Å²) < 4.78 is 26.3. The average molecular weight is 568 g/mol. The van der Waals surface area contributed by atoms with Crippen molar-refractivity contribution in [3.05, 3.63) is 81.9 Å². The second-order valence-electron chi connectivity index (χ2n) is 9.17. The number of ether oxygens (including phenoxy) is 4. The molecule has 0 saturated carbocycles. The van der Waals surface area contributed by atoms with E-state index in [-0.39, 0.29) is 12.2 Å². The van der Waals surface area contributed by atoms with Gasteiger partial charge in [-0.05, 0) is 48.5 Å². The smallest absolute Gasteiger partial charge is 0.311 e. The minimum Gasteiger partial charge on any atom is -0.493 e. The zero-order chi connectivity index (χ0) is 28.2. The van der Waals surface area contributed by atoms with Gasteiger partial charge in [0.2, 0.25) is 0 Å². The van der Waals surface area contributed by atoms with Crippen molar-refractivity contribution in [3.63, 3.8) is 0 Å². The van der Waals surface area contributed by atoms with Crippen LogP contribution in [-0.2, 0) is 33.8 Å². The molecule has 0 bridgehead atoms. The van der Waals surface area contributed by atoms with Gasteiger partial charge in [-0.2, -0.15) is 4.80 Å². The van der Waals surface area contributed by atoms with Gasteiger partial charge in [0, 0.05) is 34.9 Å². The third kappa shape index (κ3) is 5.53. The van der Waals surface area contributed by atoms with E-state index in [0.29, 0.717) is 42.7 Å². The fraction of sp³-hybridized carbons (Fsp3) is 0.357. The van der Waals surface area contributed by atoms with E-state index in [1.165, 1.54) is 4.80 Å². The minimum atomic E-state index is -1.02. The highest BCUT2D eigenvalue weighted by molar-refractivity contribution is 6.30. The first-order chi connectivity index (χ1) is 19.4. The summed E-state index contributed by atoms with van der Waals surface area (Å²) in [6.07, 6.45) is -0.797. The molecular weight excluding hydrogens is 538 g/mol. The number of methoxy groups -OCH3 is 2. The Morgan fingerprint density at radius 1 is 1.12 bits per heavy atom. The van der Waals surface area contributed by atoms with Crippen molar-refractivity contribution in [2.45, 2.75) is 45.1 Å². The summed E-state index contributed by atoms with van der Waals surface area (Å²) in [5.41, 5.74) is 4.46. The summed E-state index contributed by atoms with van der Waals surface area (Å²) in [5, 5.41) is 21.7. The number of nitrogens with zero attached hydrogens (tertiary/aromatic N) is 5. The molecule has 12 heteroatoms. The quantitative estimate of drug-likeness (QED) is 0.278. The van der Waals surface area contributed by atoms with Crippen LogP contribution in [0.3, 0.4) is 0 Å². The first-order valence-electron chi connectivity index (χ1n) is 12.9. The van der Waals surface area contributed by atoms with Gasteiger partial charge in [-0.3, -0.25) is 4.79 Å². The van der Waals surface area contributed by atoms with E-state index < -0.39 is 18.2 Å². The van der Waals surface area contributed by atoms with Crippen LogP contribution in [0.2, 0.25) is 5.02 Å². The normalized spacial score (nSPS) is 16.2. The standard InChI is InChI=1S/C28H30ClN5O6/c1-4-39-16-18-9-11-22-23(12-13-33-31-25(30-32-33)15-26(35)36)40-27(19-6-5-7-24(37-2)28(19)38-3)20-14-17(29)8-10-21(20)34(18)22/h5-11,14,23,27H,4,12-13,15-16H2,1-3H3,(H,35,36)/t23-,27-/m1/s1. The number of carboxylic acids is 1. The summed E-state index contributed by atoms with van der Waals surface area (Å²) in [7, 11) is 3.20. The van der Waals surface area contributed by atoms with E-state index in [2.05, 4.69) is 20.0 Å². The number of hydrogen-bond acceptors (Lipinski definition) is 8. The lowest BCUT2D eigenvalue weighted by atomic mass is 9.98. The molecule has 2 atom stereocenters. The lowest BCUT2D eigenvalue weighted by molar-refractivity contribution is -0.136. The predicted octanol–water partition coefficient (Wildman–Crippen LogP) is 4.55. The number of aromatic nitrogens is 5. The first-order valence-corrected chi connectivity index (χ1v) is 13.2. The number of carboxylic acid groups (broad SMARTS) is 1. The van der Waals surface area contributed by atoms with Crippen LogP contribution in [0.15, 0.2) is 48.5 Å². The van der Waals surface area contributed by atoms with Crippen LogP contribution in [0.5, 0.6) is 11.5 Å². The average Bonchev–Trinajstić information content (AvgIpc) is 3.55. The van der Waals surface area contributed by atoms with E-state index in [9.17, 15) is 4.79 Å². The maximum atomic E-state index is 11.1. The number of halogens is 1. The van der Waals surface area contributed by atoms with Crippen molar-refractivity contribution in [1.82, 2.24) is 24.8 Å². The minimum absolute atomic E-state index is 0.151. The number of benzene rings is 2. The zero-order valence-electron chi connectivity index (χ0n) is 22.4. The van der Waals surface area contributed by atoms with Crippen molar-refractivity contribution < 1.29 is 28.8 Å². The molecule has 0 fully saturated rings. The van der Waals surface area contributed by atoms with Crippen LogP contribution < -0.4 is 9.47 Å². The van der Waals surface area contributed by atoms with Crippen LogP contribution in [0.25, 0.3) is 5.69 Å². The van der Waals surface area contributed by atoms with Gasteiger partial charge in [0.15, 0.2) is 17.3 Å². The molecule has 1 aliphatic rings. The Kier molecular flexibility index (Phi) is 8.34. The Morgan fingerprint density at radius 2 is 1.98 bits per heavy atom. The summed E-state index contributed by atoms with van der Waals surface area (Å²) in [5.74, 6) is 0.287. The monoisotopic (exact) mass is 567 g/mol. The molecule has 0 aliphatic carbocycles. The Balaban J connectivity index is 1.61. The Hall–Kier alpha value is -3.93. The Bertz CT molecular complexity index is 1500. The molecule has 11 nitrogen and oxygen atoms in total. The number of hydrogen-bond donors (Lipinski definition) is 1. The molecule has 0 unspecified atom stereocenters. The largest absolute Gasteiger partial charge is 0.493 e. The van der Waals surface area contributed by atoms with Crippen molar-refractivity contribution in [2.75, 3.05) is 20.8 Å². The maximum Gasteiger partial charge on any atom is 0.311 e. The lowest BCUT2D eigenvalue weighted by Crippen LogP contribution is -2.15. The molecule has 5 rings (SSSR count). The Morgan fingerprint density at radius 3 is 2.73 bits per heavy atom. The van der Waals surface area contributed by atoms with Gasteiger partial charge in [0.05, 0.1) is 38.8 Å². The summed E-state index contributed by atoms with van der Waals surface area (Å²) in [4.78, 5) is 12.5. The van der Waals surface area contributed by atoms with Gasteiger partial charge in [0.1, 0.15) is 18.6 Å². The molecule has 40 heavy (non-hydrogen) atoms. The topological polar surface area (TPSA) is 123 Å². The van der Waals surface area contributed by atoms with Gasteiger partial charge in [-0.25, -0.2) is 0 Å². The van der Waals surface area contributed by atoms with Crippen LogP contribution in [0, 0.1) is 0 Å². The molecule has 0 spiro atoms. The third-order valence-electron chi connectivity index (χ3n) is 6.70. The summed E-state index contributed by atoms with van der Waals surface area (Å²) >= 11 is 6.54. The number of carbonyl (C=O) groups is 1. The second-order valence-corrected chi connectivity index (χ2v) is 9.61. The third-order valence-corrected chi connectivity index (χ3v) is 6.94. The lowest BCUT2D eigenvalue weighted by Gasteiger charge is -2.25. The van der Waals surface area contributed by atoms with Gasteiger partial charge < -0.3 is 28.6 Å². The van der Waals surface area contributed by atoms with E-state index in [1.807, 2.05) is 55.5 Å². The molecule has 0 radical (unpaired) electrons. The first kappa shape index (κ1) is 27.6. The molecule has 3 heterocycles. The fourth-order valence-electron chi connectivity index (χ4n) is 4.99.